The highest BCUT2D eigenvalue weighted by Gasteiger charge is 2.33. The summed E-state index contributed by atoms with van der Waals surface area (Å²) in [5.41, 5.74) is 7.68. The predicted octanol–water partition coefficient (Wildman–Crippen LogP) is 4.39. The van der Waals surface area contributed by atoms with Gasteiger partial charge in [-0.3, -0.25) is 0 Å². The molecule has 2 aromatic rings. The zero-order valence-electron chi connectivity index (χ0n) is 11.2. The summed E-state index contributed by atoms with van der Waals surface area (Å²) in [5.74, 6) is -0.594. The lowest BCUT2D eigenvalue weighted by Gasteiger charge is -2.26. The Balaban J connectivity index is 2.26. The Kier molecular flexibility index (Phi) is 3.61. The van der Waals surface area contributed by atoms with E-state index in [9.17, 15) is 10.4 Å². The van der Waals surface area contributed by atoms with Crippen LogP contribution in [0.2, 0.25) is 10.0 Å². The molecule has 1 unspecified atom stereocenters. The molecule has 1 aliphatic rings. The van der Waals surface area contributed by atoms with Gasteiger partial charge in [-0.05, 0) is 23.8 Å². The number of hydrogen-bond donors (Lipinski definition) is 2. The van der Waals surface area contributed by atoms with Crippen molar-refractivity contribution in [3.63, 3.8) is 0 Å². The largest absolute Gasteiger partial charge is 0.480 e. The van der Waals surface area contributed by atoms with Crippen LogP contribution in [0.15, 0.2) is 47.9 Å². The maximum absolute atomic E-state index is 10.0. The summed E-state index contributed by atoms with van der Waals surface area (Å²) in [7, 11) is 0. The third-order valence-electron chi connectivity index (χ3n) is 3.47. The number of nitrogens with zero attached hydrogens (tertiary/aromatic N) is 1. The van der Waals surface area contributed by atoms with Crippen molar-refractivity contribution in [2.75, 3.05) is 5.73 Å². The normalized spacial score (nSPS) is 16.7. The molecule has 0 radical (unpaired) electrons. The van der Waals surface area contributed by atoms with Crippen LogP contribution >= 0.6 is 23.2 Å². The molecule has 0 amide bonds. The van der Waals surface area contributed by atoms with E-state index in [1.54, 1.807) is 36.4 Å². The van der Waals surface area contributed by atoms with Gasteiger partial charge in [-0.2, -0.15) is 5.26 Å². The fraction of sp³-hybridized carbons (Fsp3) is 0.0625. The van der Waals surface area contributed by atoms with Gasteiger partial charge < -0.3 is 15.6 Å². The van der Waals surface area contributed by atoms with Crippen LogP contribution < -0.4 is 10.5 Å². The number of fused-ring (bicyclic) bond motifs is 1. The minimum Gasteiger partial charge on any atom is -0.480 e. The van der Waals surface area contributed by atoms with E-state index >= 15 is 0 Å². The first kappa shape index (κ1) is 14.6. The average Bonchev–Trinajstić information content (AvgIpc) is 2.46. The summed E-state index contributed by atoms with van der Waals surface area (Å²) in [6, 6.07) is 12.0. The quantitative estimate of drug-likeness (QED) is 0.759. The number of rotatable bonds is 1. The Morgan fingerprint density at radius 3 is 2.55 bits per heavy atom. The molecule has 0 aromatic heterocycles. The molecular weight excluding hydrogens is 323 g/mol. The molecule has 2 aromatic carbocycles. The van der Waals surface area contributed by atoms with Crippen molar-refractivity contribution in [3.8, 4) is 11.8 Å². The molecule has 0 spiro atoms. The summed E-state index contributed by atoms with van der Waals surface area (Å²) in [4.78, 5) is 0. The number of allylic oxidation sites excluding steroid dienone is 1. The summed E-state index contributed by atoms with van der Waals surface area (Å²) >= 11 is 12.2. The Hall–Kier alpha value is -2.35. The molecule has 110 valence electrons. The number of nitriles is 1. The second-order valence-corrected chi connectivity index (χ2v) is 5.67. The molecule has 0 aliphatic carbocycles. The highest BCUT2D eigenvalue weighted by Crippen LogP contribution is 2.45. The maximum atomic E-state index is 10.0. The number of aliphatic hydroxyl groups excluding tert-OH is 1. The lowest BCUT2D eigenvalue weighted by atomic mass is 9.83. The fourth-order valence-electron chi connectivity index (χ4n) is 2.49. The molecule has 6 heteroatoms. The lowest BCUT2D eigenvalue weighted by molar-refractivity contribution is 0.194. The van der Waals surface area contributed by atoms with E-state index in [1.165, 1.54) is 0 Å². The Bertz CT molecular complexity index is 841. The first-order chi connectivity index (χ1) is 10.5. The van der Waals surface area contributed by atoms with E-state index in [0.717, 1.165) is 0 Å². The van der Waals surface area contributed by atoms with Crippen LogP contribution in [0.4, 0.5) is 5.69 Å². The number of ether oxygens (including phenoxy) is 1. The van der Waals surface area contributed by atoms with Crippen molar-refractivity contribution in [2.45, 2.75) is 5.92 Å². The Labute approximate surface area is 136 Å². The van der Waals surface area contributed by atoms with E-state index in [-0.39, 0.29) is 5.57 Å². The van der Waals surface area contributed by atoms with Gasteiger partial charge >= 0.3 is 0 Å². The monoisotopic (exact) mass is 332 g/mol. The minimum absolute atomic E-state index is 0.0847. The molecule has 0 bridgehead atoms. The number of nitrogens with two attached hydrogens (primary N) is 1. The summed E-state index contributed by atoms with van der Waals surface area (Å²) in [6.45, 7) is 0. The van der Waals surface area contributed by atoms with E-state index in [1.807, 2.05) is 6.07 Å². The summed E-state index contributed by atoms with van der Waals surface area (Å²) in [5, 5.41) is 20.3. The van der Waals surface area contributed by atoms with Gasteiger partial charge in [0.15, 0.2) is 0 Å². The van der Waals surface area contributed by atoms with Crippen molar-refractivity contribution < 1.29 is 9.84 Å². The molecule has 3 rings (SSSR count). The van der Waals surface area contributed by atoms with E-state index in [2.05, 4.69) is 0 Å². The zero-order chi connectivity index (χ0) is 15.9. The van der Waals surface area contributed by atoms with Crippen LogP contribution in [0, 0.1) is 11.3 Å². The number of hydrogen-bond acceptors (Lipinski definition) is 4. The number of benzene rings is 2. The lowest BCUT2D eigenvalue weighted by Crippen LogP contribution is -2.16. The van der Waals surface area contributed by atoms with Crippen LogP contribution in [0.25, 0.3) is 0 Å². The minimum atomic E-state index is -0.542. The first-order valence-electron chi connectivity index (χ1n) is 6.36. The number of halogens is 2. The zero-order valence-corrected chi connectivity index (χ0v) is 12.7. The molecule has 22 heavy (non-hydrogen) atoms. The standard InChI is InChI=1S/C16H10Cl2N2O2/c17-8-1-3-10(13(18)5-8)15-11-4-2-9(20)6-14(11)22-16(21)12(15)7-19/h1-6,15,21H,20H2. The molecule has 1 heterocycles. The number of anilines is 1. The van der Waals surface area contributed by atoms with Crippen molar-refractivity contribution in [1.29, 1.82) is 5.26 Å². The second kappa shape index (κ2) is 5.45. The van der Waals surface area contributed by atoms with Gasteiger partial charge in [-0.25, -0.2) is 0 Å². The highest BCUT2D eigenvalue weighted by atomic mass is 35.5. The van der Waals surface area contributed by atoms with Gasteiger partial charge in [0.1, 0.15) is 17.4 Å². The van der Waals surface area contributed by atoms with Crippen LogP contribution in [-0.4, -0.2) is 5.11 Å². The van der Waals surface area contributed by atoms with E-state index < -0.39 is 11.9 Å². The van der Waals surface area contributed by atoms with Gasteiger partial charge in [0.05, 0.1) is 5.92 Å². The van der Waals surface area contributed by atoms with E-state index in [4.69, 9.17) is 33.7 Å². The van der Waals surface area contributed by atoms with Crippen LogP contribution in [-0.2, 0) is 0 Å². The molecule has 0 saturated heterocycles. The maximum Gasteiger partial charge on any atom is 0.297 e. The topological polar surface area (TPSA) is 79.3 Å². The molecule has 4 nitrogen and oxygen atoms in total. The Morgan fingerprint density at radius 1 is 1.14 bits per heavy atom. The molecule has 3 N–H and O–H groups in total. The van der Waals surface area contributed by atoms with Crippen molar-refractivity contribution in [1.82, 2.24) is 0 Å². The smallest absolute Gasteiger partial charge is 0.297 e. The van der Waals surface area contributed by atoms with Crippen LogP contribution in [0.3, 0.4) is 0 Å². The third-order valence-corrected chi connectivity index (χ3v) is 4.03. The number of aliphatic hydroxyl groups is 1. The van der Waals surface area contributed by atoms with Gasteiger partial charge in [-0.1, -0.05) is 35.3 Å². The van der Waals surface area contributed by atoms with Crippen LogP contribution in [0.5, 0.6) is 5.75 Å². The summed E-state index contributed by atoms with van der Waals surface area (Å²) in [6.07, 6.45) is 0. The third kappa shape index (κ3) is 2.35. The first-order valence-corrected chi connectivity index (χ1v) is 7.12. The van der Waals surface area contributed by atoms with Gasteiger partial charge in [0.25, 0.3) is 5.95 Å². The van der Waals surface area contributed by atoms with Gasteiger partial charge in [-0.15, -0.1) is 0 Å². The second-order valence-electron chi connectivity index (χ2n) is 4.83. The average molecular weight is 333 g/mol. The fourth-order valence-corrected chi connectivity index (χ4v) is 3.00. The van der Waals surface area contributed by atoms with Crippen molar-refractivity contribution in [3.05, 3.63) is 69.1 Å². The van der Waals surface area contributed by atoms with Crippen LogP contribution in [0.1, 0.15) is 17.0 Å². The van der Waals surface area contributed by atoms with Crippen molar-refractivity contribution in [2.24, 2.45) is 0 Å². The van der Waals surface area contributed by atoms with Gasteiger partial charge in [0.2, 0.25) is 0 Å². The van der Waals surface area contributed by atoms with E-state index in [0.29, 0.717) is 32.6 Å². The van der Waals surface area contributed by atoms with Gasteiger partial charge in [0, 0.05) is 27.4 Å². The summed E-state index contributed by atoms with van der Waals surface area (Å²) < 4.78 is 5.29. The SMILES string of the molecule is N#CC1=C(O)Oc2cc(N)ccc2C1c1ccc(Cl)cc1Cl. The molecular formula is C16H10Cl2N2O2. The predicted molar refractivity (Wildman–Crippen MR) is 85.1 cm³/mol. The van der Waals surface area contributed by atoms with Crippen molar-refractivity contribution >= 4 is 28.9 Å². The Morgan fingerprint density at radius 2 is 1.86 bits per heavy atom. The highest BCUT2D eigenvalue weighted by molar-refractivity contribution is 6.35. The molecule has 1 atom stereocenters. The molecule has 1 aliphatic heterocycles. The molecule has 0 saturated carbocycles. The molecule has 0 fully saturated rings. The number of nitrogen functional groups attached to an aromatic ring is 1.